The molecule has 1 saturated carbocycles. The van der Waals surface area contributed by atoms with Crippen LogP contribution in [0.3, 0.4) is 0 Å². The lowest BCUT2D eigenvalue weighted by molar-refractivity contribution is -0.115. The minimum absolute atomic E-state index is 0.175. The van der Waals surface area contributed by atoms with Crippen molar-refractivity contribution in [2.24, 2.45) is 5.92 Å². The summed E-state index contributed by atoms with van der Waals surface area (Å²) in [5.74, 6) is 0.571. The van der Waals surface area contributed by atoms with Gasteiger partial charge >= 0.3 is 0 Å². The summed E-state index contributed by atoms with van der Waals surface area (Å²) in [6, 6.07) is 10.1. The fraction of sp³-hybridized carbons (Fsp3) is 0.278. The first-order chi connectivity index (χ1) is 12.1. The Bertz CT molecular complexity index is 760. The number of rotatable bonds is 7. The van der Waals surface area contributed by atoms with Gasteiger partial charge in [0.05, 0.1) is 22.8 Å². The van der Waals surface area contributed by atoms with Gasteiger partial charge in [-0.15, -0.1) is 0 Å². The van der Waals surface area contributed by atoms with Crippen LogP contribution in [0.1, 0.15) is 23.2 Å². The zero-order valence-corrected chi connectivity index (χ0v) is 14.3. The van der Waals surface area contributed by atoms with E-state index >= 15 is 0 Å². The van der Waals surface area contributed by atoms with E-state index < -0.39 is 0 Å². The van der Waals surface area contributed by atoms with Gasteiger partial charge < -0.3 is 16.0 Å². The molecule has 1 fully saturated rings. The predicted octanol–water partition coefficient (Wildman–Crippen LogP) is 2.93. The molecule has 1 aromatic heterocycles. The van der Waals surface area contributed by atoms with E-state index in [0.717, 1.165) is 6.54 Å². The van der Waals surface area contributed by atoms with Crippen LogP contribution in [0, 0.1) is 5.92 Å². The number of benzene rings is 1. The maximum absolute atomic E-state index is 12.5. The average molecular weight is 359 g/mol. The molecule has 2 aromatic rings. The van der Waals surface area contributed by atoms with Gasteiger partial charge in [0.15, 0.2) is 0 Å². The number of carbonyl (C=O) groups is 2. The SMILES string of the molecule is O=C(CNCC1CC1)Nc1ccccc1C(=O)Nc1ccc(Cl)cn1. The van der Waals surface area contributed by atoms with Gasteiger partial charge in [0.2, 0.25) is 5.91 Å². The highest BCUT2D eigenvalue weighted by Crippen LogP contribution is 2.27. The van der Waals surface area contributed by atoms with Crippen LogP contribution < -0.4 is 16.0 Å². The lowest BCUT2D eigenvalue weighted by Crippen LogP contribution is -2.30. The average Bonchev–Trinajstić information content (AvgIpc) is 3.42. The van der Waals surface area contributed by atoms with Crippen molar-refractivity contribution in [3.8, 4) is 0 Å². The van der Waals surface area contributed by atoms with Crippen LogP contribution in [-0.2, 0) is 4.79 Å². The number of nitrogens with one attached hydrogen (secondary N) is 3. The highest BCUT2D eigenvalue weighted by atomic mass is 35.5. The molecule has 1 aliphatic rings. The summed E-state index contributed by atoms with van der Waals surface area (Å²) in [7, 11) is 0. The van der Waals surface area contributed by atoms with Crippen LogP contribution in [0.25, 0.3) is 0 Å². The molecule has 0 radical (unpaired) electrons. The lowest BCUT2D eigenvalue weighted by atomic mass is 10.1. The number of pyridine rings is 1. The molecular formula is C18H19ClN4O2. The second-order valence-electron chi connectivity index (χ2n) is 5.98. The van der Waals surface area contributed by atoms with Crippen LogP contribution in [-0.4, -0.2) is 29.9 Å². The van der Waals surface area contributed by atoms with E-state index in [4.69, 9.17) is 11.6 Å². The van der Waals surface area contributed by atoms with E-state index in [9.17, 15) is 9.59 Å². The molecule has 6 nitrogen and oxygen atoms in total. The molecule has 0 spiro atoms. The Morgan fingerprint density at radius 3 is 2.64 bits per heavy atom. The summed E-state index contributed by atoms with van der Waals surface area (Å²) < 4.78 is 0. The minimum atomic E-state index is -0.350. The predicted molar refractivity (Wildman–Crippen MR) is 97.9 cm³/mol. The van der Waals surface area contributed by atoms with Crippen molar-refractivity contribution in [3.05, 3.63) is 53.2 Å². The highest BCUT2D eigenvalue weighted by molar-refractivity contribution is 6.30. The number of hydrogen-bond acceptors (Lipinski definition) is 4. The summed E-state index contributed by atoms with van der Waals surface area (Å²) in [6.45, 7) is 1.09. The normalized spacial score (nSPS) is 13.3. The Hall–Kier alpha value is -2.44. The smallest absolute Gasteiger partial charge is 0.258 e. The Morgan fingerprint density at radius 2 is 1.92 bits per heavy atom. The summed E-state index contributed by atoms with van der Waals surface area (Å²) in [5.41, 5.74) is 0.835. The van der Waals surface area contributed by atoms with Crippen molar-refractivity contribution in [3.63, 3.8) is 0 Å². The molecule has 3 N–H and O–H groups in total. The summed E-state index contributed by atoms with van der Waals surface area (Å²) in [5, 5.41) is 9.08. The van der Waals surface area contributed by atoms with Gasteiger partial charge in [-0.05, 0) is 49.6 Å². The van der Waals surface area contributed by atoms with Gasteiger partial charge in [-0.3, -0.25) is 9.59 Å². The van der Waals surface area contributed by atoms with E-state index in [1.807, 2.05) is 0 Å². The summed E-state index contributed by atoms with van der Waals surface area (Å²) in [6.07, 6.45) is 3.92. The van der Waals surface area contributed by atoms with Gasteiger partial charge in [-0.1, -0.05) is 23.7 Å². The van der Waals surface area contributed by atoms with E-state index in [1.54, 1.807) is 36.4 Å². The number of amides is 2. The van der Waals surface area contributed by atoms with E-state index in [2.05, 4.69) is 20.9 Å². The van der Waals surface area contributed by atoms with Crippen molar-refractivity contribution in [2.75, 3.05) is 23.7 Å². The molecule has 25 heavy (non-hydrogen) atoms. The topological polar surface area (TPSA) is 83.1 Å². The van der Waals surface area contributed by atoms with Crippen molar-refractivity contribution in [1.82, 2.24) is 10.3 Å². The van der Waals surface area contributed by atoms with Crippen molar-refractivity contribution >= 4 is 34.9 Å². The van der Waals surface area contributed by atoms with Crippen LogP contribution in [0.5, 0.6) is 0 Å². The van der Waals surface area contributed by atoms with Gasteiger partial charge in [-0.2, -0.15) is 0 Å². The summed E-state index contributed by atoms with van der Waals surface area (Å²) in [4.78, 5) is 28.6. The first-order valence-electron chi connectivity index (χ1n) is 8.14. The molecule has 0 unspecified atom stereocenters. The molecule has 0 aliphatic heterocycles. The number of anilines is 2. The maximum atomic E-state index is 12.5. The highest BCUT2D eigenvalue weighted by Gasteiger charge is 2.20. The first kappa shape index (κ1) is 17.4. The minimum Gasteiger partial charge on any atom is -0.324 e. The zero-order chi connectivity index (χ0) is 17.6. The Kier molecular flexibility index (Phi) is 5.63. The largest absolute Gasteiger partial charge is 0.324 e. The summed E-state index contributed by atoms with van der Waals surface area (Å²) >= 11 is 5.78. The van der Waals surface area contributed by atoms with Gasteiger partial charge in [-0.25, -0.2) is 4.98 Å². The van der Waals surface area contributed by atoms with Crippen molar-refractivity contribution in [1.29, 1.82) is 0 Å². The Labute approximate surface area is 151 Å². The molecule has 0 saturated heterocycles. The van der Waals surface area contributed by atoms with Gasteiger partial charge in [0, 0.05) is 6.20 Å². The van der Waals surface area contributed by atoms with Crippen LogP contribution >= 0.6 is 11.6 Å². The zero-order valence-electron chi connectivity index (χ0n) is 13.6. The third-order valence-corrected chi connectivity index (χ3v) is 4.05. The first-order valence-corrected chi connectivity index (χ1v) is 8.52. The van der Waals surface area contributed by atoms with E-state index in [-0.39, 0.29) is 18.4 Å². The van der Waals surface area contributed by atoms with Crippen LogP contribution in [0.4, 0.5) is 11.5 Å². The van der Waals surface area contributed by atoms with E-state index in [1.165, 1.54) is 19.0 Å². The molecule has 130 valence electrons. The molecule has 1 aromatic carbocycles. The number of aromatic nitrogens is 1. The second-order valence-corrected chi connectivity index (χ2v) is 6.42. The molecule has 1 aliphatic carbocycles. The third-order valence-electron chi connectivity index (χ3n) is 3.83. The standard InChI is InChI=1S/C18H19ClN4O2/c19-13-7-8-16(21-10-13)23-18(25)14-3-1-2-4-15(14)22-17(24)11-20-9-12-5-6-12/h1-4,7-8,10,12,20H,5-6,9,11H2,(H,22,24)(H,21,23,25). The fourth-order valence-electron chi connectivity index (χ4n) is 2.33. The molecule has 1 heterocycles. The Morgan fingerprint density at radius 1 is 1.12 bits per heavy atom. The number of halogens is 1. The van der Waals surface area contributed by atoms with Crippen molar-refractivity contribution < 1.29 is 9.59 Å². The number of nitrogens with zero attached hydrogens (tertiary/aromatic N) is 1. The molecule has 0 atom stereocenters. The molecule has 3 rings (SSSR count). The third kappa shape index (κ3) is 5.27. The Balaban J connectivity index is 1.61. The second kappa shape index (κ2) is 8.09. The molecule has 2 amide bonds. The van der Waals surface area contributed by atoms with Crippen molar-refractivity contribution in [2.45, 2.75) is 12.8 Å². The number of para-hydroxylation sites is 1. The monoisotopic (exact) mass is 358 g/mol. The van der Waals surface area contributed by atoms with E-state index in [0.29, 0.717) is 28.0 Å². The lowest BCUT2D eigenvalue weighted by Gasteiger charge is -2.11. The quantitative estimate of drug-likeness (QED) is 0.710. The van der Waals surface area contributed by atoms with Gasteiger partial charge in [0.1, 0.15) is 5.82 Å². The van der Waals surface area contributed by atoms with Crippen LogP contribution in [0.2, 0.25) is 5.02 Å². The molecular weight excluding hydrogens is 340 g/mol. The number of hydrogen-bond donors (Lipinski definition) is 3. The molecule has 7 heteroatoms. The van der Waals surface area contributed by atoms with Gasteiger partial charge in [0.25, 0.3) is 5.91 Å². The van der Waals surface area contributed by atoms with Crippen LogP contribution in [0.15, 0.2) is 42.6 Å². The number of carbonyl (C=O) groups excluding carboxylic acids is 2. The molecule has 0 bridgehead atoms. The fourth-order valence-corrected chi connectivity index (χ4v) is 2.44. The maximum Gasteiger partial charge on any atom is 0.258 e.